The first-order chi connectivity index (χ1) is 15.9. The minimum Gasteiger partial charge on any atom is -0.484 e. The van der Waals surface area contributed by atoms with Gasteiger partial charge in [-0.25, -0.2) is 8.42 Å². The molecule has 3 aromatic rings. The predicted octanol–water partition coefficient (Wildman–Crippen LogP) is 4.06. The number of hydrogen-bond donors (Lipinski definition) is 1. The summed E-state index contributed by atoms with van der Waals surface area (Å²) in [6.45, 7) is 2.73. The molecule has 1 N–H and O–H groups in total. The molecular formula is C26H28N2O4S. The normalized spacial score (nSPS) is 14.4. The molecule has 3 aromatic carbocycles. The molecule has 7 heteroatoms. The molecule has 6 nitrogen and oxygen atoms in total. The summed E-state index contributed by atoms with van der Waals surface area (Å²) in [7, 11) is -3.49. The van der Waals surface area contributed by atoms with E-state index in [1.165, 1.54) is 4.31 Å². The fourth-order valence-corrected chi connectivity index (χ4v) is 5.62. The first-order valence-electron chi connectivity index (χ1n) is 11.1. The molecule has 33 heavy (non-hydrogen) atoms. The van der Waals surface area contributed by atoms with Crippen LogP contribution in [0, 0.1) is 6.92 Å². The molecule has 0 aromatic heterocycles. The summed E-state index contributed by atoms with van der Waals surface area (Å²) in [5.74, 6) is 0.224. The molecule has 0 unspecified atom stereocenters. The molecule has 1 fully saturated rings. The largest absolute Gasteiger partial charge is 0.484 e. The number of aryl methyl sites for hydroxylation is 1. The van der Waals surface area contributed by atoms with E-state index < -0.39 is 10.0 Å². The second kappa shape index (κ2) is 10.2. The van der Waals surface area contributed by atoms with Crippen LogP contribution in [0.3, 0.4) is 0 Å². The van der Waals surface area contributed by atoms with Crippen LogP contribution < -0.4 is 10.1 Å². The van der Waals surface area contributed by atoms with E-state index in [4.69, 9.17) is 4.74 Å². The van der Waals surface area contributed by atoms with Gasteiger partial charge in [-0.05, 0) is 54.7 Å². The predicted molar refractivity (Wildman–Crippen MR) is 128 cm³/mol. The van der Waals surface area contributed by atoms with Crippen molar-refractivity contribution < 1.29 is 17.9 Å². The van der Waals surface area contributed by atoms with Crippen molar-refractivity contribution in [2.24, 2.45) is 0 Å². The Kier molecular flexibility index (Phi) is 7.11. The molecule has 0 atom stereocenters. The molecule has 1 aliphatic rings. The Hall–Kier alpha value is -3.16. The molecule has 0 bridgehead atoms. The number of benzene rings is 3. The van der Waals surface area contributed by atoms with Gasteiger partial charge in [0.2, 0.25) is 10.0 Å². The van der Waals surface area contributed by atoms with Gasteiger partial charge in [0.05, 0.1) is 10.9 Å². The summed E-state index contributed by atoms with van der Waals surface area (Å²) >= 11 is 0. The third kappa shape index (κ3) is 5.43. The van der Waals surface area contributed by atoms with Crippen molar-refractivity contribution in [1.29, 1.82) is 0 Å². The number of sulfonamides is 1. The van der Waals surface area contributed by atoms with Crippen LogP contribution in [0.4, 0.5) is 0 Å². The molecule has 0 aliphatic carbocycles. The zero-order valence-corrected chi connectivity index (χ0v) is 19.4. The van der Waals surface area contributed by atoms with Crippen molar-refractivity contribution in [3.8, 4) is 5.75 Å². The third-order valence-electron chi connectivity index (χ3n) is 5.78. The third-order valence-corrected chi connectivity index (χ3v) is 7.67. The summed E-state index contributed by atoms with van der Waals surface area (Å²) in [5.41, 5.74) is 2.63. The minimum atomic E-state index is -3.49. The Bertz CT molecular complexity index is 1150. The fraction of sp³-hybridized carbons (Fsp3) is 0.269. The average molecular weight is 465 g/mol. The highest BCUT2D eigenvalue weighted by atomic mass is 32.2. The minimum absolute atomic E-state index is 0.171. The van der Waals surface area contributed by atoms with E-state index in [9.17, 15) is 13.2 Å². The maximum Gasteiger partial charge on any atom is 0.258 e. The topological polar surface area (TPSA) is 75.7 Å². The smallest absolute Gasteiger partial charge is 0.258 e. The number of carbonyl (C=O) groups excluding carboxylic acids is 1. The van der Waals surface area contributed by atoms with E-state index in [1.54, 1.807) is 25.1 Å². The second-order valence-corrected chi connectivity index (χ2v) is 10.1. The van der Waals surface area contributed by atoms with E-state index in [0.29, 0.717) is 24.4 Å². The van der Waals surface area contributed by atoms with Crippen LogP contribution in [0.5, 0.6) is 5.75 Å². The lowest BCUT2D eigenvalue weighted by Gasteiger charge is -2.20. The van der Waals surface area contributed by atoms with Crippen LogP contribution in [0.2, 0.25) is 0 Å². The van der Waals surface area contributed by atoms with E-state index in [2.05, 4.69) is 5.32 Å². The molecule has 1 amide bonds. The highest BCUT2D eigenvalue weighted by Crippen LogP contribution is 2.26. The Balaban J connectivity index is 1.43. The summed E-state index contributed by atoms with van der Waals surface area (Å²) in [5, 5.41) is 3.05. The molecule has 172 valence electrons. The number of hydrogen-bond acceptors (Lipinski definition) is 4. The van der Waals surface area contributed by atoms with Gasteiger partial charge >= 0.3 is 0 Å². The van der Waals surface area contributed by atoms with Crippen LogP contribution in [-0.4, -0.2) is 38.3 Å². The number of nitrogens with one attached hydrogen (secondary N) is 1. The zero-order valence-electron chi connectivity index (χ0n) is 18.6. The van der Waals surface area contributed by atoms with Crippen molar-refractivity contribution in [2.45, 2.75) is 30.7 Å². The summed E-state index contributed by atoms with van der Waals surface area (Å²) in [6.07, 6.45) is 1.78. The molecule has 0 radical (unpaired) electrons. The first kappa shape index (κ1) is 23.0. The quantitative estimate of drug-likeness (QED) is 0.545. The van der Waals surface area contributed by atoms with Gasteiger partial charge < -0.3 is 10.1 Å². The van der Waals surface area contributed by atoms with Gasteiger partial charge in [0.15, 0.2) is 6.61 Å². The van der Waals surface area contributed by atoms with Crippen LogP contribution in [0.15, 0.2) is 83.8 Å². The van der Waals surface area contributed by atoms with Gasteiger partial charge in [0, 0.05) is 13.1 Å². The van der Waals surface area contributed by atoms with Crippen molar-refractivity contribution >= 4 is 15.9 Å². The Morgan fingerprint density at radius 3 is 2.06 bits per heavy atom. The van der Waals surface area contributed by atoms with Gasteiger partial charge in [-0.1, -0.05) is 60.7 Å². The van der Waals surface area contributed by atoms with Crippen molar-refractivity contribution in [3.05, 3.63) is 95.6 Å². The standard InChI is InChI=1S/C26H28N2O4S/c1-20-18-23(33(30,31)28-16-8-9-17-28)14-15-24(20)32-19-25(29)27-26(21-10-4-2-5-11-21)22-12-6-3-7-13-22/h2-7,10-15,18,26H,8-9,16-17,19H2,1H3,(H,27,29). The molecular weight excluding hydrogens is 436 g/mol. The van der Waals surface area contributed by atoms with Crippen LogP contribution >= 0.6 is 0 Å². The van der Waals surface area contributed by atoms with Crippen LogP contribution in [0.25, 0.3) is 0 Å². The van der Waals surface area contributed by atoms with Gasteiger partial charge in [-0.15, -0.1) is 0 Å². The lowest BCUT2D eigenvalue weighted by atomic mass is 9.99. The number of ether oxygens (including phenoxy) is 1. The second-order valence-electron chi connectivity index (χ2n) is 8.15. The summed E-state index contributed by atoms with van der Waals surface area (Å²) in [6, 6.07) is 24.0. The van der Waals surface area contributed by atoms with Crippen molar-refractivity contribution in [2.75, 3.05) is 19.7 Å². The fourth-order valence-electron chi connectivity index (χ4n) is 4.02. The lowest BCUT2D eigenvalue weighted by molar-refractivity contribution is -0.123. The molecule has 1 aliphatic heterocycles. The van der Waals surface area contributed by atoms with E-state index in [-0.39, 0.29) is 23.5 Å². The van der Waals surface area contributed by atoms with Gasteiger partial charge in [0.25, 0.3) is 5.91 Å². The van der Waals surface area contributed by atoms with Crippen molar-refractivity contribution in [3.63, 3.8) is 0 Å². The van der Waals surface area contributed by atoms with Gasteiger partial charge in [0.1, 0.15) is 5.75 Å². The maximum atomic E-state index is 12.8. The van der Waals surface area contributed by atoms with E-state index in [0.717, 1.165) is 24.0 Å². The molecule has 1 heterocycles. The van der Waals surface area contributed by atoms with Crippen LogP contribution in [0.1, 0.15) is 35.6 Å². The number of amides is 1. The zero-order chi connectivity index (χ0) is 23.3. The average Bonchev–Trinajstić information content (AvgIpc) is 3.39. The van der Waals surface area contributed by atoms with E-state index >= 15 is 0 Å². The molecule has 0 spiro atoms. The Morgan fingerprint density at radius 2 is 1.52 bits per heavy atom. The van der Waals surface area contributed by atoms with Crippen LogP contribution in [-0.2, 0) is 14.8 Å². The van der Waals surface area contributed by atoms with Crippen molar-refractivity contribution in [1.82, 2.24) is 9.62 Å². The SMILES string of the molecule is Cc1cc(S(=O)(=O)N2CCCC2)ccc1OCC(=O)NC(c1ccccc1)c1ccccc1. The molecule has 1 saturated heterocycles. The Labute approximate surface area is 195 Å². The number of nitrogens with zero attached hydrogens (tertiary/aromatic N) is 1. The molecule has 4 rings (SSSR count). The highest BCUT2D eigenvalue weighted by molar-refractivity contribution is 7.89. The summed E-state index contributed by atoms with van der Waals surface area (Å²) in [4.78, 5) is 13.0. The highest BCUT2D eigenvalue weighted by Gasteiger charge is 2.27. The van der Waals surface area contributed by atoms with Gasteiger partial charge in [-0.3, -0.25) is 4.79 Å². The Morgan fingerprint density at radius 1 is 0.939 bits per heavy atom. The number of rotatable bonds is 8. The van der Waals surface area contributed by atoms with Gasteiger partial charge in [-0.2, -0.15) is 4.31 Å². The lowest BCUT2D eigenvalue weighted by Crippen LogP contribution is -2.33. The van der Waals surface area contributed by atoms with E-state index in [1.807, 2.05) is 60.7 Å². The first-order valence-corrected chi connectivity index (χ1v) is 12.5. The summed E-state index contributed by atoms with van der Waals surface area (Å²) < 4.78 is 32.8. The maximum absolute atomic E-state index is 12.8. The monoisotopic (exact) mass is 464 g/mol. The number of carbonyl (C=O) groups is 1. The molecule has 0 saturated carbocycles.